The number of furan rings is 1. The van der Waals surface area contributed by atoms with E-state index in [1.807, 2.05) is 42.5 Å². The molecular weight excluding hydrogens is 314 g/mol. The van der Waals surface area contributed by atoms with Crippen LogP contribution in [0.25, 0.3) is 22.1 Å². The quantitative estimate of drug-likeness (QED) is 0.324. The molecule has 0 fully saturated rings. The number of nitro groups is 1. The van der Waals surface area contributed by atoms with E-state index in [0.717, 1.165) is 11.1 Å². The van der Waals surface area contributed by atoms with Crippen LogP contribution in [0.1, 0.15) is 5.56 Å². The summed E-state index contributed by atoms with van der Waals surface area (Å²) in [5.41, 5.74) is 7.95. The lowest BCUT2D eigenvalue weighted by Gasteiger charge is -2.01. The molecule has 3 N–H and O–H groups in total. The van der Waals surface area contributed by atoms with Crippen LogP contribution in [0.3, 0.4) is 0 Å². The molecule has 3 aromatic rings. The molecule has 0 saturated heterocycles. The van der Waals surface area contributed by atoms with Crippen molar-refractivity contribution in [2.24, 2.45) is 5.73 Å². The largest absolute Gasteiger partial charge is 0.442 e. The van der Waals surface area contributed by atoms with Crippen LogP contribution in [0.2, 0.25) is 0 Å². The highest BCUT2D eigenvalue weighted by Crippen LogP contribution is 2.40. The number of nitrogens with zero attached hydrogens (tertiary/aromatic N) is 1. The van der Waals surface area contributed by atoms with Crippen molar-refractivity contribution in [1.29, 1.82) is 5.41 Å². The molecule has 1 heterocycles. The smallest absolute Gasteiger partial charge is 0.400 e. The van der Waals surface area contributed by atoms with Crippen LogP contribution in [-0.4, -0.2) is 10.1 Å². The van der Waals surface area contributed by atoms with Gasteiger partial charge in [0.1, 0.15) is 16.1 Å². The molecule has 0 spiro atoms. The number of fused-ring (bicyclic) bond motifs is 1. The van der Waals surface area contributed by atoms with Crippen molar-refractivity contribution < 1.29 is 9.34 Å². The van der Waals surface area contributed by atoms with Crippen molar-refractivity contribution >= 4 is 33.8 Å². The molecule has 0 bridgehead atoms. The fourth-order valence-electron chi connectivity index (χ4n) is 2.40. The average molecular weight is 327 g/mol. The first-order chi connectivity index (χ1) is 11.1. The molecule has 0 saturated carbocycles. The Hall–Kier alpha value is -2.80. The number of thioether (sulfide) groups is 1. The highest BCUT2D eigenvalue weighted by Gasteiger charge is 2.25. The van der Waals surface area contributed by atoms with Crippen molar-refractivity contribution in [3.8, 4) is 11.1 Å². The van der Waals surface area contributed by atoms with Gasteiger partial charge in [-0.3, -0.25) is 15.5 Å². The van der Waals surface area contributed by atoms with E-state index in [1.165, 1.54) is 11.8 Å². The molecule has 0 radical (unpaired) electrons. The minimum atomic E-state index is -0.508. The molecule has 0 atom stereocenters. The molecule has 7 heteroatoms. The number of hydrogen-bond donors (Lipinski definition) is 2. The first-order valence-electron chi connectivity index (χ1n) is 6.78. The Labute approximate surface area is 135 Å². The van der Waals surface area contributed by atoms with Crippen molar-refractivity contribution in [3.05, 3.63) is 64.2 Å². The first kappa shape index (κ1) is 15.1. The second-order valence-electron chi connectivity index (χ2n) is 4.89. The third-order valence-corrected chi connectivity index (χ3v) is 4.15. The molecule has 3 rings (SSSR count). The highest BCUT2D eigenvalue weighted by atomic mass is 32.2. The van der Waals surface area contributed by atoms with E-state index >= 15 is 0 Å². The van der Waals surface area contributed by atoms with E-state index in [1.54, 1.807) is 6.07 Å². The lowest BCUT2D eigenvalue weighted by Crippen LogP contribution is -2.03. The molecule has 23 heavy (non-hydrogen) atoms. The lowest BCUT2D eigenvalue weighted by molar-refractivity contribution is -0.400. The average Bonchev–Trinajstić information content (AvgIpc) is 2.92. The Morgan fingerprint density at radius 1 is 1.26 bits per heavy atom. The van der Waals surface area contributed by atoms with Gasteiger partial charge in [0.05, 0.1) is 0 Å². The Morgan fingerprint density at radius 3 is 2.65 bits per heavy atom. The maximum Gasteiger partial charge on any atom is 0.442 e. The van der Waals surface area contributed by atoms with Gasteiger partial charge >= 0.3 is 5.88 Å². The van der Waals surface area contributed by atoms with Gasteiger partial charge in [-0.25, -0.2) is 0 Å². The summed E-state index contributed by atoms with van der Waals surface area (Å²) in [6.45, 7) is 0. The topological polar surface area (TPSA) is 106 Å². The van der Waals surface area contributed by atoms with E-state index in [0.29, 0.717) is 22.3 Å². The molecule has 6 nitrogen and oxygen atoms in total. The van der Waals surface area contributed by atoms with Crippen LogP contribution in [-0.2, 0) is 5.75 Å². The van der Waals surface area contributed by atoms with Crippen molar-refractivity contribution in [2.75, 3.05) is 0 Å². The summed E-state index contributed by atoms with van der Waals surface area (Å²) in [5, 5.41) is 19.3. The lowest BCUT2D eigenvalue weighted by atomic mass is 10.0. The number of benzene rings is 2. The highest BCUT2D eigenvalue weighted by molar-refractivity contribution is 8.13. The summed E-state index contributed by atoms with van der Waals surface area (Å²) in [7, 11) is 0. The molecule has 0 amide bonds. The zero-order chi connectivity index (χ0) is 16.4. The summed E-state index contributed by atoms with van der Waals surface area (Å²) in [5.74, 6) is 0.265. The standard InChI is InChI=1S/C16H13N3O3S/c17-16(18)23-9-10-6-7-13-12(8-10)14(15(22-13)19(20)21)11-4-2-1-3-5-11/h1-8H,9H2,(H3,17,18). The van der Waals surface area contributed by atoms with E-state index in [4.69, 9.17) is 15.6 Å². The fraction of sp³-hybridized carbons (Fsp3) is 0.0625. The minimum Gasteiger partial charge on any atom is -0.400 e. The number of nitrogens with two attached hydrogens (primary N) is 1. The van der Waals surface area contributed by atoms with Gasteiger partial charge in [-0.15, -0.1) is 0 Å². The maximum atomic E-state index is 11.3. The second kappa shape index (κ2) is 6.13. The first-order valence-corrected chi connectivity index (χ1v) is 7.77. The summed E-state index contributed by atoms with van der Waals surface area (Å²) in [6.07, 6.45) is 0. The zero-order valence-electron chi connectivity index (χ0n) is 12.0. The van der Waals surface area contributed by atoms with Gasteiger partial charge in [0.15, 0.2) is 5.17 Å². The number of hydrogen-bond acceptors (Lipinski definition) is 5. The van der Waals surface area contributed by atoms with Gasteiger partial charge in [0, 0.05) is 11.1 Å². The van der Waals surface area contributed by atoms with Crippen LogP contribution >= 0.6 is 11.8 Å². The Balaban J connectivity index is 2.17. The van der Waals surface area contributed by atoms with Crippen molar-refractivity contribution in [3.63, 3.8) is 0 Å². The molecule has 0 aliphatic heterocycles. The van der Waals surface area contributed by atoms with Gasteiger partial charge in [-0.1, -0.05) is 48.2 Å². The number of amidine groups is 1. The Kier molecular flexibility index (Phi) is 4.03. The van der Waals surface area contributed by atoms with Gasteiger partial charge < -0.3 is 10.2 Å². The third-order valence-electron chi connectivity index (χ3n) is 3.36. The van der Waals surface area contributed by atoms with Gasteiger partial charge in [-0.2, -0.15) is 0 Å². The van der Waals surface area contributed by atoms with Crippen LogP contribution in [0.5, 0.6) is 0 Å². The molecule has 0 aliphatic rings. The van der Waals surface area contributed by atoms with Gasteiger partial charge in [0.2, 0.25) is 0 Å². The summed E-state index contributed by atoms with van der Waals surface area (Å²) < 4.78 is 5.42. The Bertz CT molecular complexity index is 890. The molecule has 116 valence electrons. The third kappa shape index (κ3) is 3.04. The van der Waals surface area contributed by atoms with E-state index in [9.17, 15) is 10.1 Å². The van der Waals surface area contributed by atoms with Crippen LogP contribution in [0.4, 0.5) is 5.88 Å². The minimum absolute atomic E-state index is 0.0338. The number of nitrogens with one attached hydrogen (secondary N) is 1. The summed E-state index contributed by atoms with van der Waals surface area (Å²) in [4.78, 5) is 10.8. The van der Waals surface area contributed by atoms with E-state index in [2.05, 4.69) is 0 Å². The molecule has 2 aromatic carbocycles. The second-order valence-corrected chi connectivity index (χ2v) is 5.91. The van der Waals surface area contributed by atoms with Gasteiger partial charge in [0.25, 0.3) is 0 Å². The Morgan fingerprint density at radius 2 is 2.00 bits per heavy atom. The summed E-state index contributed by atoms with van der Waals surface area (Å²) >= 11 is 1.20. The molecule has 0 aliphatic carbocycles. The maximum absolute atomic E-state index is 11.3. The van der Waals surface area contributed by atoms with E-state index < -0.39 is 4.92 Å². The number of rotatable bonds is 4. The van der Waals surface area contributed by atoms with Gasteiger partial charge in [-0.05, 0) is 23.3 Å². The summed E-state index contributed by atoms with van der Waals surface area (Å²) in [6, 6.07) is 14.5. The SMILES string of the molecule is N=C(N)SCc1ccc2oc([N+](=O)[O-])c(-c3ccccc3)c2c1. The van der Waals surface area contributed by atoms with Crippen LogP contribution in [0.15, 0.2) is 52.9 Å². The van der Waals surface area contributed by atoms with Crippen LogP contribution < -0.4 is 5.73 Å². The fourth-order valence-corrected chi connectivity index (χ4v) is 2.90. The monoisotopic (exact) mass is 327 g/mol. The predicted molar refractivity (Wildman–Crippen MR) is 91.5 cm³/mol. The van der Waals surface area contributed by atoms with Crippen molar-refractivity contribution in [1.82, 2.24) is 0 Å². The predicted octanol–water partition coefficient (Wildman–Crippen LogP) is 4.13. The molecule has 0 unspecified atom stereocenters. The zero-order valence-corrected chi connectivity index (χ0v) is 12.8. The molecular formula is C16H13N3O3S. The van der Waals surface area contributed by atoms with Crippen molar-refractivity contribution in [2.45, 2.75) is 5.75 Å². The van der Waals surface area contributed by atoms with Crippen LogP contribution in [0, 0.1) is 15.5 Å². The normalized spacial score (nSPS) is 10.8. The molecule has 1 aromatic heterocycles. The van der Waals surface area contributed by atoms with E-state index in [-0.39, 0.29) is 11.1 Å².